The average molecular weight is 218 g/mol. The highest BCUT2D eigenvalue weighted by Gasteiger charge is 2.08. The third-order valence-electron chi connectivity index (χ3n) is 1.20. The van der Waals surface area contributed by atoms with Gasteiger partial charge in [-0.2, -0.15) is 0 Å². The van der Waals surface area contributed by atoms with Gasteiger partial charge >= 0.3 is 5.97 Å². The second kappa shape index (κ2) is 5.61. The highest BCUT2D eigenvalue weighted by Crippen LogP contribution is 2.15. The molecule has 0 aliphatic carbocycles. The Balaban J connectivity index is 2.38. The summed E-state index contributed by atoms with van der Waals surface area (Å²) in [4.78, 5) is 10.2. The predicted molar refractivity (Wildman–Crippen MR) is 48.0 cm³/mol. The van der Waals surface area contributed by atoms with Crippen molar-refractivity contribution in [2.45, 2.75) is 18.8 Å². The smallest absolute Gasteiger partial charge is 0.314 e. The highest BCUT2D eigenvalue weighted by molar-refractivity contribution is 7.99. The highest BCUT2D eigenvalue weighted by atomic mass is 32.2. The minimum absolute atomic E-state index is 0.0870. The van der Waals surface area contributed by atoms with Gasteiger partial charge in [0.05, 0.1) is 0 Å². The molecule has 7 heteroatoms. The van der Waals surface area contributed by atoms with E-state index in [1.54, 1.807) is 0 Å². The molecule has 0 amide bonds. The van der Waals surface area contributed by atoms with Gasteiger partial charge in [0.25, 0.3) is 5.22 Å². The number of carboxylic acid groups (broad SMARTS) is 1. The zero-order valence-corrected chi connectivity index (χ0v) is 8.41. The molecule has 0 aliphatic heterocycles. The van der Waals surface area contributed by atoms with Crippen LogP contribution in [0.2, 0.25) is 0 Å². The summed E-state index contributed by atoms with van der Waals surface area (Å²) in [6.07, 6.45) is 0. The van der Waals surface area contributed by atoms with Crippen molar-refractivity contribution < 1.29 is 19.1 Å². The second-order valence-electron chi connectivity index (χ2n) is 2.28. The van der Waals surface area contributed by atoms with Gasteiger partial charge < -0.3 is 14.3 Å². The van der Waals surface area contributed by atoms with Crippen LogP contribution in [0.5, 0.6) is 0 Å². The molecular formula is C7H10N2O4S. The Bertz CT molecular complexity index is 302. The first-order valence-corrected chi connectivity index (χ1v) is 4.95. The first-order valence-electron chi connectivity index (χ1n) is 3.97. The minimum atomic E-state index is -0.917. The van der Waals surface area contributed by atoms with E-state index in [1.807, 2.05) is 6.92 Å². The van der Waals surface area contributed by atoms with Crippen molar-refractivity contribution in [3.05, 3.63) is 5.89 Å². The van der Waals surface area contributed by atoms with Crippen molar-refractivity contribution in [1.82, 2.24) is 10.2 Å². The van der Waals surface area contributed by atoms with Crippen molar-refractivity contribution in [2.75, 3.05) is 12.4 Å². The van der Waals surface area contributed by atoms with Crippen molar-refractivity contribution in [3.63, 3.8) is 0 Å². The van der Waals surface area contributed by atoms with E-state index in [-0.39, 0.29) is 17.6 Å². The molecule has 0 aromatic carbocycles. The van der Waals surface area contributed by atoms with Crippen molar-refractivity contribution in [1.29, 1.82) is 0 Å². The van der Waals surface area contributed by atoms with Crippen LogP contribution in [-0.4, -0.2) is 33.6 Å². The molecule has 0 atom stereocenters. The zero-order valence-electron chi connectivity index (χ0n) is 7.60. The summed E-state index contributed by atoms with van der Waals surface area (Å²) in [6, 6.07) is 0. The van der Waals surface area contributed by atoms with Crippen LogP contribution in [-0.2, 0) is 16.1 Å². The normalized spacial score (nSPS) is 10.4. The number of aliphatic carboxylic acids is 1. The zero-order chi connectivity index (χ0) is 10.4. The van der Waals surface area contributed by atoms with E-state index in [9.17, 15) is 4.79 Å². The molecule has 0 unspecified atom stereocenters. The lowest BCUT2D eigenvalue weighted by Crippen LogP contribution is -1.97. The number of carboxylic acids is 1. The Morgan fingerprint density at radius 1 is 1.64 bits per heavy atom. The number of hydrogen-bond acceptors (Lipinski definition) is 6. The van der Waals surface area contributed by atoms with Crippen LogP contribution >= 0.6 is 11.8 Å². The van der Waals surface area contributed by atoms with E-state index < -0.39 is 5.97 Å². The molecule has 0 aliphatic rings. The molecule has 0 radical (unpaired) electrons. The van der Waals surface area contributed by atoms with Crippen LogP contribution in [0.1, 0.15) is 12.8 Å². The van der Waals surface area contributed by atoms with Crippen LogP contribution in [0.25, 0.3) is 0 Å². The average Bonchev–Trinajstić information content (AvgIpc) is 2.59. The maximum absolute atomic E-state index is 10.2. The molecule has 0 saturated heterocycles. The maximum Gasteiger partial charge on any atom is 0.314 e. The van der Waals surface area contributed by atoms with E-state index >= 15 is 0 Å². The third kappa shape index (κ3) is 3.75. The first-order chi connectivity index (χ1) is 6.72. The van der Waals surface area contributed by atoms with E-state index in [4.69, 9.17) is 14.3 Å². The molecule has 1 aromatic rings. The molecule has 1 aromatic heterocycles. The molecule has 1 N–H and O–H groups in total. The van der Waals surface area contributed by atoms with Gasteiger partial charge in [-0.3, -0.25) is 4.79 Å². The van der Waals surface area contributed by atoms with Crippen LogP contribution < -0.4 is 0 Å². The Morgan fingerprint density at radius 2 is 2.43 bits per heavy atom. The molecule has 14 heavy (non-hydrogen) atoms. The lowest BCUT2D eigenvalue weighted by atomic mass is 10.7. The fourth-order valence-corrected chi connectivity index (χ4v) is 1.17. The quantitative estimate of drug-likeness (QED) is 0.706. The summed E-state index contributed by atoms with van der Waals surface area (Å²) in [5, 5.41) is 16.0. The lowest BCUT2D eigenvalue weighted by molar-refractivity contribution is -0.133. The molecule has 1 rings (SSSR count). The van der Waals surface area contributed by atoms with Gasteiger partial charge in [-0.15, -0.1) is 10.2 Å². The summed E-state index contributed by atoms with van der Waals surface area (Å²) < 4.78 is 10.1. The summed E-state index contributed by atoms with van der Waals surface area (Å²) in [5.41, 5.74) is 0. The number of hydrogen-bond donors (Lipinski definition) is 1. The fraction of sp³-hybridized carbons (Fsp3) is 0.571. The fourth-order valence-electron chi connectivity index (χ4n) is 0.668. The number of ether oxygens (including phenoxy) is 1. The van der Waals surface area contributed by atoms with E-state index in [0.29, 0.717) is 12.5 Å². The summed E-state index contributed by atoms with van der Waals surface area (Å²) in [5.74, 6) is -0.643. The van der Waals surface area contributed by atoms with Gasteiger partial charge in [0, 0.05) is 6.61 Å². The van der Waals surface area contributed by atoms with E-state index in [1.165, 1.54) is 0 Å². The van der Waals surface area contributed by atoms with Crippen LogP contribution in [0, 0.1) is 0 Å². The molecule has 0 fully saturated rings. The summed E-state index contributed by atoms with van der Waals surface area (Å²) in [7, 11) is 0. The van der Waals surface area contributed by atoms with Crippen LogP contribution in [0.15, 0.2) is 9.64 Å². The van der Waals surface area contributed by atoms with Crippen molar-refractivity contribution in [3.8, 4) is 0 Å². The molecule has 78 valence electrons. The van der Waals surface area contributed by atoms with E-state index in [2.05, 4.69) is 10.2 Å². The maximum atomic E-state index is 10.2. The van der Waals surface area contributed by atoms with Gasteiger partial charge in [-0.25, -0.2) is 0 Å². The Morgan fingerprint density at radius 3 is 3.07 bits per heavy atom. The third-order valence-corrected chi connectivity index (χ3v) is 2.00. The van der Waals surface area contributed by atoms with Gasteiger partial charge in [0.15, 0.2) is 0 Å². The summed E-state index contributed by atoms with van der Waals surface area (Å²) in [6.45, 7) is 2.69. The monoisotopic (exact) mass is 218 g/mol. The van der Waals surface area contributed by atoms with Gasteiger partial charge in [0.1, 0.15) is 12.4 Å². The van der Waals surface area contributed by atoms with Crippen molar-refractivity contribution >= 4 is 17.7 Å². The number of rotatable bonds is 6. The molecule has 1 heterocycles. The summed E-state index contributed by atoms with van der Waals surface area (Å²) >= 11 is 0.987. The van der Waals surface area contributed by atoms with Gasteiger partial charge in [-0.1, -0.05) is 11.8 Å². The lowest BCUT2D eigenvalue weighted by Gasteiger charge is -1.93. The molecule has 0 spiro atoms. The Kier molecular flexibility index (Phi) is 4.41. The van der Waals surface area contributed by atoms with Crippen molar-refractivity contribution in [2.24, 2.45) is 0 Å². The standard InChI is InChI=1S/C7H10N2O4S/c1-2-12-3-5-8-9-7(13-5)14-4-6(10)11/h2-4H2,1H3,(H,10,11). The minimum Gasteiger partial charge on any atom is -0.481 e. The molecule has 0 saturated carbocycles. The first kappa shape index (κ1) is 11.0. The van der Waals surface area contributed by atoms with Gasteiger partial charge in [-0.05, 0) is 6.92 Å². The van der Waals surface area contributed by atoms with Crippen LogP contribution in [0.3, 0.4) is 0 Å². The number of carbonyl (C=O) groups is 1. The number of aromatic nitrogens is 2. The Labute approximate surface area is 84.7 Å². The van der Waals surface area contributed by atoms with Gasteiger partial charge in [0.2, 0.25) is 5.89 Å². The molecular weight excluding hydrogens is 208 g/mol. The number of nitrogens with zero attached hydrogens (tertiary/aromatic N) is 2. The molecule has 6 nitrogen and oxygen atoms in total. The van der Waals surface area contributed by atoms with E-state index in [0.717, 1.165) is 11.8 Å². The largest absolute Gasteiger partial charge is 0.481 e. The van der Waals surface area contributed by atoms with Crippen LogP contribution in [0.4, 0.5) is 0 Å². The SMILES string of the molecule is CCOCc1nnc(SCC(=O)O)o1. The second-order valence-corrected chi connectivity index (χ2v) is 3.21. The predicted octanol–water partition coefficient (Wildman–Crippen LogP) is 0.783. The Hall–Kier alpha value is -1.08. The number of thioether (sulfide) groups is 1. The topological polar surface area (TPSA) is 85.5 Å². The molecule has 0 bridgehead atoms.